The maximum atomic E-state index is 11.9. The first-order valence-electron chi connectivity index (χ1n) is 8.13. The van der Waals surface area contributed by atoms with E-state index < -0.39 is 0 Å². The third kappa shape index (κ3) is 4.40. The summed E-state index contributed by atoms with van der Waals surface area (Å²) in [5.41, 5.74) is 0.367. The number of piperidine rings is 1. The smallest absolute Gasteiger partial charge is 0.271 e. The Morgan fingerprint density at radius 2 is 2.27 bits per heavy atom. The Morgan fingerprint density at radius 3 is 2.95 bits per heavy atom. The molecule has 1 aliphatic heterocycles. The molecule has 1 aliphatic rings. The molecule has 0 aliphatic carbocycles. The van der Waals surface area contributed by atoms with E-state index in [9.17, 15) is 4.79 Å². The molecule has 6 heteroatoms. The molecule has 0 bridgehead atoms. The van der Waals surface area contributed by atoms with E-state index in [1.54, 1.807) is 13.2 Å². The lowest BCUT2D eigenvalue weighted by Crippen LogP contribution is -2.39. The van der Waals surface area contributed by atoms with Gasteiger partial charge in [0.15, 0.2) is 11.5 Å². The van der Waals surface area contributed by atoms with Crippen LogP contribution in [0, 0.1) is 0 Å². The molecular weight excluding hydrogens is 280 g/mol. The van der Waals surface area contributed by atoms with Crippen molar-refractivity contribution < 1.29 is 9.53 Å². The number of hydrogen-bond donors (Lipinski definition) is 1. The molecule has 0 spiro atoms. The highest BCUT2D eigenvalue weighted by molar-refractivity contribution is 5.92. The SMILES string of the molecule is CCC1CCCCN1c1ccc(C(=O)NCCCOC)nn1. The highest BCUT2D eigenvalue weighted by Crippen LogP contribution is 2.24. The fourth-order valence-electron chi connectivity index (χ4n) is 2.84. The first-order valence-corrected chi connectivity index (χ1v) is 8.13. The topological polar surface area (TPSA) is 67.4 Å². The van der Waals surface area contributed by atoms with Crippen molar-refractivity contribution in [2.24, 2.45) is 0 Å². The molecule has 1 unspecified atom stereocenters. The fourth-order valence-corrected chi connectivity index (χ4v) is 2.84. The minimum atomic E-state index is -0.180. The Kier molecular flexibility index (Phi) is 6.58. The van der Waals surface area contributed by atoms with E-state index in [2.05, 4.69) is 27.3 Å². The number of nitrogens with one attached hydrogen (secondary N) is 1. The summed E-state index contributed by atoms with van der Waals surface area (Å²) in [6.07, 6.45) is 5.59. The lowest BCUT2D eigenvalue weighted by molar-refractivity contribution is 0.0942. The summed E-state index contributed by atoms with van der Waals surface area (Å²) in [6.45, 7) is 4.45. The predicted octanol–water partition coefficient (Wildman–Crippen LogP) is 2.01. The summed E-state index contributed by atoms with van der Waals surface area (Å²) in [5, 5.41) is 11.2. The molecule has 0 saturated carbocycles. The molecule has 1 atom stereocenters. The number of nitrogens with zero attached hydrogens (tertiary/aromatic N) is 3. The summed E-state index contributed by atoms with van der Waals surface area (Å²) >= 11 is 0. The summed E-state index contributed by atoms with van der Waals surface area (Å²) in [5.74, 6) is 0.698. The van der Waals surface area contributed by atoms with Crippen LogP contribution in [0.2, 0.25) is 0 Å². The van der Waals surface area contributed by atoms with Gasteiger partial charge in [-0.05, 0) is 44.2 Å². The number of rotatable bonds is 7. The Balaban J connectivity index is 1.93. The first-order chi connectivity index (χ1) is 10.8. The average molecular weight is 306 g/mol. The number of hydrogen-bond acceptors (Lipinski definition) is 5. The summed E-state index contributed by atoms with van der Waals surface area (Å²) in [6, 6.07) is 4.21. The quantitative estimate of drug-likeness (QED) is 0.781. The molecule has 6 nitrogen and oxygen atoms in total. The predicted molar refractivity (Wildman–Crippen MR) is 86.1 cm³/mol. The van der Waals surface area contributed by atoms with E-state index in [0.29, 0.717) is 24.9 Å². The summed E-state index contributed by atoms with van der Waals surface area (Å²) < 4.78 is 4.95. The standard InChI is InChI=1S/C16H26N4O2/c1-3-13-7-4-5-11-20(13)15-9-8-14(18-19-15)16(21)17-10-6-12-22-2/h8-9,13H,3-7,10-12H2,1-2H3,(H,17,21). The Hall–Kier alpha value is -1.69. The molecule has 2 rings (SSSR count). The van der Waals surface area contributed by atoms with Crippen molar-refractivity contribution in [3.63, 3.8) is 0 Å². The number of carbonyl (C=O) groups is 1. The maximum absolute atomic E-state index is 11.9. The second-order valence-electron chi connectivity index (χ2n) is 5.63. The van der Waals surface area contributed by atoms with Crippen molar-refractivity contribution in [1.29, 1.82) is 0 Å². The molecule has 1 fully saturated rings. The number of methoxy groups -OCH3 is 1. The van der Waals surface area contributed by atoms with Gasteiger partial charge in [0.25, 0.3) is 5.91 Å². The Labute approximate surface area is 132 Å². The number of amides is 1. The van der Waals surface area contributed by atoms with Gasteiger partial charge in [-0.2, -0.15) is 0 Å². The van der Waals surface area contributed by atoms with Crippen LogP contribution in [0.4, 0.5) is 5.82 Å². The van der Waals surface area contributed by atoms with Crippen LogP contribution in [0.3, 0.4) is 0 Å². The zero-order valence-corrected chi connectivity index (χ0v) is 13.5. The molecule has 0 radical (unpaired) electrons. The van der Waals surface area contributed by atoms with Gasteiger partial charge >= 0.3 is 0 Å². The molecule has 1 aromatic rings. The monoisotopic (exact) mass is 306 g/mol. The van der Waals surface area contributed by atoms with Gasteiger partial charge in [-0.25, -0.2) is 0 Å². The lowest BCUT2D eigenvalue weighted by atomic mass is 10.0. The lowest BCUT2D eigenvalue weighted by Gasteiger charge is -2.35. The van der Waals surface area contributed by atoms with E-state index in [1.807, 2.05) is 6.07 Å². The van der Waals surface area contributed by atoms with Crippen molar-refractivity contribution in [2.75, 3.05) is 31.7 Å². The molecule has 1 aromatic heterocycles. The maximum Gasteiger partial charge on any atom is 0.271 e. The van der Waals surface area contributed by atoms with Crippen LogP contribution < -0.4 is 10.2 Å². The zero-order valence-electron chi connectivity index (χ0n) is 13.5. The van der Waals surface area contributed by atoms with E-state index in [-0.39, 0.29) is 5.91 Å². The largest absolute Gasteiger partial charge is 0.385 e. The van der Waals surface area contributed by atoms with Gasteiger partial charge in [0.2, 0.25) is 0 Å². The Morgan fingerprint density at radius 1 is 1.41 bits per heavy atom. The van der Waals surface area contributed by atoms with Crippen LogP contribution in [-0.2, 0) is 4.74 Å². The molecule has 122 valence electrons. The number of aromatic nitrogens is 2. The van der Waals surface area contributed by atoms with Crippen LogP contribution in [0.15, 0.2) is 12.1 Å². The van der Waals surface area contributed by atoms with Gasteiger partial charge in [0, 0.05) is 32.8 Å². The highest BCUT2D eigenvalue weighted by Gasteiger charge is 2.22. The van der Waals surface area contributed by atoms with Crippen LogP contribution in [0.25, 0.3) is 0 Å². The molecule has 1 amide bonds. The van der Waals surface area contributed by atoms with Crippen LogP contribution in [0.5, 0.6) is 0 Å². The third-order valence-corrected chi connectivity index (χ3v) is 4.09. The number of carbonyl (C=O) groups excluding carboxylic acids is 1. The van der Waals surface area contributed by atoms with Gasteiger partial charge in [-0.3, -0.25) is 4.79 Å². The van der Waals surface area contributed by atoms with E-state index in [4.69, 9.17) is 4.74 Å². The average Bonchev–Trinajstić information content (AvgIpc) is 2.58. The zero-order chi connectivity index (χ0) is 15.8. The van der Waals surface area contributed by atoms with Gasteiger partial charge in [-0.1, -0.05) is 6.92 Å². The van der Waals surface area contributed by atoms with E-state index in [0.717, 1.165) is 25.2 Å². The molecular formula is C16H26N4O2. The second-order valence-corrected chi connectivity index (χ2v) is 5.63. The van der Waals surface area contributed by atoms with Crippen molar-refractivity contribution in [2.45, 2.75) is 45.1 Å². The fraction of sp³-hybridized carbons (Fsp3) is 0.688. The molecule has 2 heterocycles. The van der Waals surface area contributed by atoms with Gasteiger partial charge in [-0.15, -0.1) is 10.2 Å². The number of anilines is 1. The molecule has 0 aromatic carbocycles. The summed E-state index contributed by atoms with van der Waals surface area (Å²) in [7, 11) is 1.65. The molecule has 1 N–H and O–H groups in total. The second kappa shape index (κ2) is 8.68. The van der Waals surface area contributed by atoms with Gasteiger partial charge in [0.05, 0.1) is 0 Å². The van der Waals surface area contributed by atoms with Gasteiger partial charge in [0.1, 0.15) is 0 Å². The first kappa shape index (κ1) is 16.7. The molecule has 1 saturated heterocycles. The number of ether oxygens (including phenoxy) is 1. The third-order valence-electron chi connectivity index (χ3n) is 4.09. The van der Waals surface area contributed by atoms with E-state index in [1.165, 1.54) is 19.3 Å². The normalized spacial score (nSPS) is 18.3. The minimum Gasteiger partial charge on any atom is -0.385 e. The minimum absolute atomic E-state index is 0.180. The summed E-state index contributed by atoms with van der Waals surface area (Å²) in [4.78, 5) is 14.3. The van der Waals surface area contributed by atoms with E-state index >= 15 is 0 Å². The van der Waals surface area contributed by atoms with Crippen LogP contribution >= 0.6 is 0 Å². The Bertz CT molecular complexity index is 464. The van der Waals surface area contributed by atoms with Gasteiger partial charge < -0.3 is 15.0 Å². The van der Waals surface area contributed by atoms with Crippen molar-refractivity contribution in [3.05, 3.63) is 17.8 Å². The van der Waals surface area contributed by atoms with Crippen molar-refractivity contribution in [3.8, 4) is 0 Å². The molecule has 22 heavy (non-hydrogen) atoms. The van der Waals surface area contributed by atoms with Crippen molar-refractivity contribution in [1.82, 2.24) is 15.5 Å². The van der Waals surface area contributed by atoms with Crippen LogP contribution in [0.1, 0.15) is 49.5 Å². The highest BCUT2D eigenvalue weighted by atomic mass is 16.5. The van der Waals surface area contributed by atoms with Crippen molar-refractivity contribution >= 4 is 11.7 Å². The van der Waals surface area contributed by atoms with Crippen LogP contribution in [-0.4, -0.2) is 49.0 Å².